The summed E-state index contributed by atoms with van der Waals surface area (Å²) in [6.45, 7) is 4.12. The number of nitrogens with one attached hydrogen (secondary N) is 1. The summed E-state index contributed by atoms with van der Waals surface area (Å²) in [5, 5.41) is 9.15. The molecule has 2 aliphatic heterocycles. The van der Waals surface area contributed by atoms with Gasteiger partial charge in [-0.25, -0.2) is 9.67 Å². The highest BCUT2D eigenvalue weighted by atomic mass is 16.5. The fourth-order valence-electron chi connectivity index (χ4n) is 4.11. The monoisotopic (exact) mass is 351 g/mol. The third-order valence-corrected chi connectivity index (χ3v) is 5.60. The maximum atomic E-state index is 5.83. The predicted octanol–water partition coefficient (Wildman–Crippen LogP) is 3.21. The Morgan fingerprint density at radius 1 is 1.19 bits per heavy atom. The topological polar surface area (TPSA) is 56.9 Å². The first kappa shape index (κ1) is 16.0. The van der Waals surface area contributed by atoms with Crippen LogP contribution in [0.3, 0.4) is 0 Å². The SMILES string of the molecule is c1nc2c(ccn2CC2CCNC2)cc1-c1cnn(C2CCCCO2)c1. The van der Waals surface area contributed by atoms with Crippen molar-refractivity contribution in [1.29, 1.82) is 0 Å². The van der Waals surface area contributed by atoms with E-state index in [2.05, 4.69) is 39.5 Å². The molecule has 6 heteroatoms. The minimum Gasteiger partial charge on any atom is -0.357 e. The van der Waals surface area contributed by atoms with E-state index in [4.69, 9.17) is 9.72 Å². The summed E-state index contributed by atoms with van der Waals surface area (Å²) in [5.74, 6) is 0.709. The molecule has 2 fully saturated rings. The molecular weight excluding hydrogens is 326 g/mol. The predicted molar refractivity (Wildman–Crippen MR) is 101 cm³/mol. The lowest BCUT2D eigenvalue weighted by Gasteiger charge is -2.22. The van der Waals surface area contributed by atoms with Gasteiger partial charge in [0.05, 0.1) is 6.20 Å². The van der Waals surface area contributed by atoms with Gasteiger partial charge in [0.15, 0.2) is 0 Å². The van der Waals surface area contributed by atoms with Gasteiger partial charge in [-0.05, 0) is 56.8 Å². The highest BCUT2D eigenvalue weighted by molar-refractivity contribution is 5.81. The second-order valence-corrected chi connectivity index (χ2v) is 7.49. The summed E-state index contributed by atoms with van der Waals surface area (Å²) in [6.07, 6.45) is 12.9. The molecule has 6 nitrogen and oxygen atoms in total. The number of fused-ring (bicyclic) bond motifs is 1. The van der Waals surface area contributed by atoms with Crippen LogP contribution in [0.5, 0.6) is 0 Å². The van der Waals surface area contributed by atoms with Gasteiger partial charge < -0.3 is 14.6 Å². The normalized spacial score (nSPS) is 23.7. The molecule has 1 N–H and O–H groups in total. The molecule has 0 bridgehead atoms. The van der Waals surface area contributed by atoms with Crippen molar-refractivity contribution in [2.45, 2.75) is 38.5 Å². The first-order valence-electron chi connectivity index (χ1n) is 9.68. The molecule has 0 amide bonds. The highest BCUT2D eigenvalue weighted by Crippen LogP contribution is 2.27. The van der Waals surface area contributed by atoms with Crippen LogP contribution in [0.25, 0.3) is 22.2 Å². The third-order valence-electron chi connectivity index (χ3n) is 5.60. The zero-order valence-electron chi connectivity index (χ0n) is 15.0. The molecule has 0 saturated carbocycles. The van der Waals surface area contributed by atoms with Gasteiger partial charge in [0.1, 0.15) is 11.9 Å². The van der Waals surface area contributed by atoms with Gasteiger partial charge >= 0.3 is 0 Å². The Morgan fingerprint density at radius 2 is 2.19 bits per heavy atom. The molecule has 3 aromatic heterocycles. The molecule has 0 aromatic carbocycles. The maximum absolute atomic E-state index is 5.83. The largest absolute Gasteiger partial charge is 0.357 e. The summed E-state index contributed by atoms with van der Waals surface area (Å²) in [5.41, 5.74) is 3.28. The minimum absolute atomic E-state index is 0.0790. The molecule has 2 saturated heterocycles. The number of hydrogen-bond donors (Lipinski definition) is 1. The van der Waals surface area contributed by atoms with Gasteiger partial charge in [-0.15, -0.1) is 0 Å². The maximum Gasteiger partial charge on any atom is 0.150 e. The van der Waals surface area contributed by atoms with E-state index < -0.39 is 0 Å². The van der Waals surface area contributed by atoms with Crippen LogP contribution < -0.4 is 5.32 Å². The summed E-state index contributed by atoms with van der Waals surface area (Å²) in [7, 11) is 0. The summed E-state index contributed by atoms with van der Waals surface area (Å²) < 4.78 is 10.1. The molecule has 2 unspecified atom stereocenters. The molecule has 5 rings (SSSR count). The van der Waals surface area contributed by atoms with Crippen LogP contribution in [0.2, 0.25) is 0 Å². The molecular formula is C20H25N5O. The van der Waals surface area contributed by atoms with Gasteiger partial charge in [0, 0.05) is 48.3 Å². The molecule has 26 heavy (non-hydrogen) atoms. The van der Waals surface area contributed by atoms with Crippen LogP contribution in [0.4, 0.5) is 0 Å². The van der Waals surface area contributed by atoms with Gasteiger partial charge in [-0.1, -0.05) is 0 Å². The van der Waals surface area contributed by atoms with Crippen molar-refractivity contribution in [3.8, 4) is 11.1 Å². The Bertz CT molecular complexity index is 887. The van der Waals surface area contributed by atoms with Gasteiger partial charge in [-0.3, -0.25) is 0 Å². The second-order valence-electron chi connectivity index (χ2n) is 7.49. The average Bonchev–Trinajstić information content (AvgIpc) is 3.44. The average molecular weight is 351 g/mol. The Labute approximate surface area is 153 Å². The highest BCUT2D eigenvalue weighted by Gasteiger charge is 2.18. The van der Waals surface area contributed by atoms with E-state index in [0.29, 0.717) is 5.92 Å². The Kier molecular flexibility index (Phi) is 4.22. The zero-order chi connectivity index (χ0) is 17.3. The number of hydrogen-bond acceptors (Lipinski definition) is 4. The van der Waals surface area contributed by atoms with Crippen molar-refractivity contribution in [2.75, 3.05) is 19.7 Å². The Morgan fingerprint density at radius 3 is 3.04 bits per heavy atom. The van der Waals surface area contributed by atoms with E-state index >= 15 is 0 Å². The molecule has 0 spiro atoms. The summed E-state index contributed by atoms with van der Waals surface area (Å²) >= 11 is 0. The molecule has 3 aromatic rings. The molecule has 0 radical (unpaired) electrons. The quantitative estimate of drug-likeness (QED) is 0.784. The number of nitrogens with zero attached hydrogens (tertiary/aromatic N) is 4. The lowest BCUT2D eigenvalue weighted by molar-refractivity contribution is -0.0394. The number of rotatable bonds is 4. The van der Waals surface area contributed by atoms with Crippen molar-refractivity contribution in [3.63, 3.8) is 0 Å². The number of pyridine rings is 1. The fraction of sp³-hybridized carbons (Fsp3) is 0.500. The lowest BCUT2D eigenvalue weighted by Crippen LogP contribution is -2.18. The van der Waals surface area contributed by atoms with Crippen LogP contribution in [0.1, 0.15) is 31.9 Å². The molecule has 2 atom stereocenters. The van der Waals surface area contributed by atoms with Crippen LogP contribution in [-0.2, 0) is 11.3 Å². The summed E-state index contributed by atoms with van der Waals surface area (Å²) in [4.78, 5) is 4.76. The van der Waals surface area contributed by atoms with E-state index in [-0.39, 0.29) is 6.23 Å². The smallest absolute Gasteiger partial charge is 0.150 e. The number of ether oxygens (including phenoxy) is 1. The fourth-order valence-corrected chi connectivity index (χ4v) is 4.11. The van der Waals surface area contributed by atoms with E-state index in [1.807, 2.05) is 17.1 Å². The first-order valence-corrected chi connectivity index (χ1v) is 9.68. The van der Waals surface area contributed by atoms with Gasteiger partial charge in [-0.2, -0.15) is 5.10 Å². The van der Waals surface area contributed by atoms with Crippen LogP contribution in [0, 0.1) is 5.92 Å². The minimum atomic E-state index is 0.0790. The van der Waals surface area contributed by atoms with E-state index in [0.717, 1.165) is 55.9 Å². The molecule has 136 valence electrons. The first-order chi connectivity index (χ1) is 12.9. The molecule has 0 aliphatic carbocycles. The van der Waals surface area contributed by atoms with Crippen molar-refractivity contribution in [2.24, 2.45) is 5.92 Å². The van der Waals surface area contributed by atoms with E-state index in [1.165, 1.54) is 18.2 Å². The zero-order valence-corrected chi connectivity index (χ0v) is 15.0. The molecule has 2 aliphatic rings. The Balaban J connectivity index is 1.38. The van der Waals surface area contributed by atoms with Crippen molar-refractivity contribution >= 4 is 11.0 Å². The van der Waals surface area contributed by atoms with Crippen molar-refractivity contribution in [1.82, 2.24) is 24.6 Å². The van der Waals surface area contributed by atoms with E-state index in [9.17, 15) is 0 Å². The summed E-state index contributed by atoms with van der Waals surface area (Å²) in [6, 6.07) is 4.39. The van der Waals surface area contributed by atoms with Crippen molar-refractivity contribution < 1.29 is 4.74 Å². The van der Waals surface area contributed by atoms with Crippen LogP contribution in [0.15, 0.2) is 36.9 Å². The number of aromatic nitrogens is 4. The second kappa shape index (κ2) is 6.85. The Hall–Kier alpha value is -2.18. The van der Waals surface area contributed by atoms with Gasteiger partial charge in [0.2, 0.25) is 0 Å². The van der Waals surface area contributed by atoms with Crippen LogP contribution in [-0.4, -0.2) is 39.0 Å². The third kappa shape index (κ3) is 3.04. The van der Waals surface area contributed by atoms with Gasteiger partial charge in [0.25, 0.3) is 0 Å². The van der Waals surface area contributed by atoms with E-state index in [1.54, 1.807) is 0 Å². The molecule has 5 heterocycles. The standard InChI is InChI=1S/C20H25N5O/c1-2-8-26-19(3-1)25-14-18(12-23-25)17-9-16-5-7-24(20(16)22-11-17)13-15-4-6-21-10-15/h5,7,9,11-12,14-15,19,21H,1-4,6,8,10,13H2. The van der Waals surface area contributed by atoms with Crippen molar-refractivity contribution in [3.05, 3.63) is 36.9 Å². The lowest BCUT2D eigenvalue weighted by atomic mass is 10.1. The van der Waals surface area contributed by atoms with Crippen LogP contribution >= 0.6 is 0 Å².